The molecule has 72 valence electrons. The first-order chi connectivity index (χ1) is 6.84. The predicted octanol–water partition coefficient (Wildman–Crippen LogP) is 3.98. The molecule has 0 amide bonds. The van der Waals surface area contributed by atoms with Crippen molar-refractivity contribution in [3.8, 4) is 5.75 Å². The molecule has 1 heterocycles. The Labute approximate surface area is 91.9 Å². The van der Waals surface area contributed by atoms with Crippen LogP contribution in [0.15, 0.2) is 42.5 Å². The van der Waals surface area contributed by atoms with Crippen LogP contribution in [-0.4, -0.2) is 0 Å². The second kappa shape index (κ2) is 4.49. The van der Waals surface area contributed by atoms with Crippen molar-refractivity contribution >= 4 is 22.9 Å². The van der Waals surface area contributed by atoms with Crippen LogP contribution in [0.4, 0.5) is 0 Å². The third-order valence-corrected chi connectivity index (χ3v) is 2.96. The van der Waals surface area contributed by atoms with Crippen LogP contribution in [0, 0.1) is 0 Å². The number of rotatable bonds is 3. The molecular weight excluding hydrogens is 216 g/mol. The zero-order valence-electron chi connectivity index (χ0n) is 7.44. The van der Waals surface area contributed by atoms with Gasteiger partial charge >= 0.3 is 0 Å². The Hall–Kier alpha value is -0.990. The summed E-state index contributed by atoms with van der Waals surface area (Å²) in [5.41, 5.74) is 0. The van der Waals surface area contributed by atoms with Gasteiger partial charge < -0.3 is 4.74 Å². The van der Waals surface area contributed by atoms with Crippen LogP contribution < -0.4 is 4.74 Å². The van der Waals surface area contributed by atoms with E-state index in [-0.39, 0.29) is 0 Å². The van der Waals surface area contributed by atoms with E-state index in [1.807, 2.05) is 42.5 Å². The maximum atomic E-state index is 5.81. The minimum Gasteiger partial charge on any atom is -0.488 e. The summed E-state index contributed by atoms with van der Waals surface area (Å²) in [5.74, 6) is 0.886. The van der Waals surface area contributed by atoms with Gasteiger partial charge in [-0.15, -0.1) is 11.3 Å². The van der Waals surface area contributed by atoms with Gasteiger partial charge in [0.1, 0.15) is 12.4 Å². The van der Waals surface area contributed by atoms with Gasteiger partial charge in [0.2, 0.25) is 0 Å². The molecule has 0 unspecified atom stereocenters. The molecule has 0 fully saturated rings. The Morgan fingerprint density at radius 2 is 1.86 bits per heavy atom. The molecule has 2 aromatic rings. The van der Waals surface area contributed by atoms with Crippen LogP contribution >= 0.6 is 22.9 Å². The highest BCUT2D eigenvalue weighted by atomic mass is 35.5. The molecule has 2 rings (SSSR count). The molecule has 0 atom stereocenters. The van der Waals surface area contributed by atoms with Crippen molar-refractivity contribution in [3.63, 3.8) is 0 Å². The molecule has 3 heteroatoms. The first kappa shape index (κ1) is 9.56. The largest absolute Gasteiger partial charge is 0.488 e. The van der Waals surface area contributed by atoms with E-state index in [2.05, 4.69) is 0 Å². The lowest BCUT2D eigenvalue weighted by Gasteiger charge is -2.02. The highest BCUT2D eigenvalue weighted by Crippen LogP contribution is 2.22. The minimum atomic E-state index is 0.585. The monoisotopic (exact) mass is 224 g/mol. The van der Waals surface area contributed by atoms with Gasteiger partial charge in [-0.05, 0) is 24.3 Å². The highest BCUT2D eigenvalue weighted by molar-refractivity contribution is 7.16. The van der Waals surface area contributed by atoms with Gasteiger partial charge in [0, 0.05) is 4.88 Å². The summed E-state index contributed by atoms with van der Waals surface area (Å²) in [6.07, 6.45) is 0. The summed E-state index contributed by atoms with van der Waals surface area (Å²) in [5, 5.41) is 0. The molecule has 0 radical (unpaired) electrons. The van der Waals surface area contributed by atoms with Gasteiger partial charge in [0.25, 0.3) is 0 Å². The quantitative estimate of drug-likeness (QED) is 0.766. The van der Waals surface area contributed by atoms with E-state index >= 15 is 0 Å². The molecule has 0 saturated carbocycles. The van der Waals surface area contributed by atoms with Gasteiger partial charge in [0.05, 0.1) is 4.34 Å². The van der Waals surface area contributed by atoms with E-state index in [1.165, 1.54) is 0 Å². The molecule has 0 bridgehead atoms. The summed E-state index contributed by atoms with van der Waals surface area (Å²) >= 11 is 7.35. The van der Waals surface area contributed by atoms with Gasteiger partial charge in [-0.1, -0.05) is 29.8 Å². The number of para-hydroxylation sites is 1. The van der Waals surface area contributed by atoms with E-state index < -0.39 is 0 Å². The topological polar surface area (TPSA) is 9.23 Å². The molecule has 1 nitrogen and oxygen atoms in total. The molecule has 0 N–H and O–H groups in total. The van der Waals surface area contributed by atoms with Gasteiger partial charge in [-0.3, -0.25) is 0 Å². The number of thiophene rings is 1. The first-order valence-corrected chi connectivity index (χ1v) is 5.46. The fourth-order valence-corrected chi connectivity index (χ4v) is 2.10. The Morgan fingerprint density at radius 1 is 1.07 bits per heavy atom. The van der Waals surface area contributed by atoms with E-state index in [4.69, 9.17) is 16.3 Å². The van der Waals surface area contributed by atoms with E-state index in [9.17, 15) is 0 Å². The number of halogens is 1. The summed E-state index contributed by atoms with van der Waals surface area (Å²) in [4.78, 5) is 1.14. The van der Waals surface area contributed by atoms with Gasteiger partial charge in [-0.25, -0.2) is 0 Å². The Morgan fingerprint density at radius 3 is 2.50 bits per heavy atom. The molecule has 0 spiro atoms. The molecule has 14 heavy (non-hydrogen) atoms. The lowest BCUT2D eigenvalue weighted by atomic mass is 10.3. The summed E-state index contributed by atoms with van der Waals surface area (Å²) in [6.45, 7) is 0.585. The third kappa shape index (κ3) is 2.50. The number of benzene rings is 1. The first-order valence-electron chi connectivity index (χ1n) is 4.26. The Bertz CT molecular complexity index is 397. The lowest BCUT2D eigenvalue weighted by molar-refractivity contribution is 0.310. The molecule has 0 saturated heterocycles. The highest BCUT2D eigenvalue weighted by Gasteiger charge is 1.98. The number of ether oxygens (including phenoxy) is 1. The molecule has 0 aliphatic rings. The summed E-state index contributed by atoms with van der Waals surface area (Å²) in [7, 11) is 0. The molecule has 0 aliphatic carbocycles. The van der Waals surface area contributed by atoms with Crippen LogP contribution in [0.5, 0.6) is 5.75 Å². The normalized spacial score (nSPS) is 10.1. The maximum Gasteiger partial charge on any atom is 0.122 e. The predicted molar refractivity (Wildman–Crippen MR) is 60.1 cm³/mol. The molecular formula is C11H9ClOS. The van der Waals surface area contributed by atoms with Crippen LogP contribution in [-0.2, 0) is 6.61 Å². The lowest BCUT2D eigenvalue weighted by Crippen LogP contribution is -1.91. The second-order valence-electron chi connectivity index (χ2n) is 2.81. The summed E-state index contributed by atoms with van der Waals surface area (Å²) in [6, 6.07) is 13.6. The van der Waals surface area contributed by atoms with Crippen molar-refractivity contribution in [2.75, 3.05) is 0 Å². The zero-order chi connectivity index (χ0) is 9.80. The van der Waals surface area contributed by atoms with Crippen molar-refractivity contribution in [2.45, 2.75) is 6.61 Å². The van der Waals surface area contributed by atoms with Crippen molar-refractivity contribution < 1.29 is 4.74 Å². The van der Waals surface area contributed by atoms with Crippen molar-refractivity contribution in [3.05, 3.63) is 51.7 Å². The average Bonchev–Trinajstić information content (AvgIpc) is 2.63. The molecule has 1 aromatic carbocycles. The SMILES string of the molecule is Clc1ccc(COc2ccccc2)s1. The van der Waals surface area contributed by atoms with Crippen molar-refractivity contribution in [2.24, 2.45) is 0 Å². The van der Waals surface area contributed by atoms with Crippen LogP contribution in [0.1, 0.15) is 4.88 Å². The second-order valence-corrected chi connectivity index (χ2v) is 4.61. The fraction of sp³-hybridized carbons (Fsp3) is 0.0909. The average molecular weight is 225 g/mol. The van der Waals surface area contributed by atoms with Crippen molar-refractivity contribution in [1.29, 1.82) is 0 Å². The zero-order valence-corrected chi connectivity index (χ0v) is 9.02. The molecule has 0 aliphatic heterocycles. The van der Waals surface area contributed by atoms with Gasteiger partial charge in [0.15, 0.2) is 0 Å². The van der Waals surface area contributed by atoms with Crippen LogP contribution in [0.2, 0.25) is 4.34 Å². The summed E-state index contributed by atoms with van der Waals surface area (Å²) < 4.78 is 6.36. The maximum absolute atomic E-state index is 5.81. The number of hydrogen-bond acceptors (Lipinski definition) is 2. The third-order valence-electron chi connectivity index (χ3n) is 1.75. The Kier molecular flexibility index (Phi) is 3.07. The van der Waals surface area contributed by atoms with E-state index in [1.54, 1.807) is 11.3 Å². The smallest absolute Gasteiger partial charge is 0.122 e. The molecule has 1 aromatic heterocycles. The van der Waals surface area contributed by atoms with Gasteiger partial charge in [-0.2, -0.15) is 0 Å². The van der Waals surface area contributed by atoms with Crippen molar-refractivity contribution in [1.82, 2.24) is 0 Å². The minimum absolute atomic E-state index is 0.585. The fourth-order valence-electron chi connectivity index (χ4n) is 1.10. The Balaban J connectivity index is 1.95. The van der Waals surface area contributed by atoms with E-state index in [0.29, 0.717) is 6.61 Å². The standard InChI is InChI=1S/C11H9ClOS/c12-11-7-6-10(14-11)8-13-9-4-2-1-3-5-9/h1-7H,8H2. The van der Waals surface area contributed by atoms with Crippen LogP contribution in [0.3, 0.4) is 0 Å². The number of hydrogen-bond donors (Lipinski definition) is 0. The van der Waals surface area contributed by atoms with Crippen LogP contribution in [0.25, 0.3) is 0 Å². The van der Waals surface area contributed by atoms with E-state index in [0.717, 1.165) is 15.0 Å².